The highest BCUT2D eigenvalue weighted by Crippen LogP contribution is 2.24. The van der Waals surface area contributed by atoms with E-state index in [4.69, 9.17) is 14.3 Å². The summed E-state index contributed by atoms with van der Waals surface area (Å²) >= 11 is 0. The molecule has 0 radical (unpaired) electrons. The fraction of sp³-hybridized carbons (Fsp3) is 0.389. The molecule has 0 bridgehead atoms. The first-order chi connectivity index (χ1) is 12.1. The molecule has 7 heteroatoms. The molecule has 2 heterocycles. The molecule has 0 atom stereocenters. The number of aromatic amines is 1. The van der Waals surface area contributed by atoms with Gasteiger partial charge in [-0.1, -0.05) is 26.0 Å². The van der Waals surface area contributed by atoms with Gasteiger partial charge in [-0.2, -0.15) is 0 Å². The van der Waals surface area contributed by atoms with Crippen LogP contribution in [-0.4, -0.2) is 34.3 Å². The van der Waals surface area contributed by atoms with Crippen molar-refractivity contribution >= 4 is 28.0 Å². The van der Waals surface area contributed by atoms with Gasteiger partial charge in [-0.25, -0.2) is 4.98 Å². The predicted octanol–water partition coefficient (Wildman–Crippen LogP) is 3.12. The number of carboxylic acids is 1. The van der Waals surface area contributed by atoms with Gasteiger partial charge in [0.05, 0.1) is 6.61 Å². The fourth-order valence-corrected chi connectivity index (χ4v) is 2.36. The second kappa shape index (κ2) is 8.98. The fourth-order valence-electron chi connectivity index (χ4n) is 2.36. The van der Waals surface area contributed by atoms with E-state index < -0.39 is 5.97 Å². The van der Waals surface area contributed by atoms with Crippen molar-refractivity contribution in [3.63, 3.8) is 0 Å². The van der Waals surface area contributed by atoms with Crippen molar-refractivity contribution in [2.45, 2.75) is 33.1 Å². The summed E-state index contributed by atoms with van der Waals surface area (Å²) in [5, 5.41) is 9.33. The molecule has 0 fully saturated rings. The molecule has 2 aromatic heterocycles. The topological polar surface area (TPSA) is 105 Å². The monoisotopic (exact) mass is 346 g/mol. The first kappa shape index (κ1) is 18.7. The van der Waals surface area contributed by atoms with Gasteiger partial charge < -0.3 is 19.2 Å². The average Bonchev–Trinajstić information content (AvgIpc) is 2.99. The number of hydrogen-bond acceptors (Lipinski definition) is 5. The highest BCUT2D eigenvalue weighted by Gasteiger charge is 2.12. The van der Waals surface area contributed by atoms with E-state index in [1.165, 1.54) is 0 Å². The highest BCUT2D eigenvalue weighted by molar-refractivity contribution is 6.01. The molecular weight excluding hydrogens is 324 g/mol. The smallest absolute Gasteiger partial charge is 0.303 e. The normalized spacial score (nSPS) is 10.6. The van der Waals surface area contributed by atoms with Crippen LogP contribution in [0.3, 0.4) is 0 Å². The molecule has 0 aliphatic carbocycles. The van der Waals surface area contributed by atoms with Crippen LogP contribution < -0.4 is 5.56 Å². The summed E-state index contributed by atoms with van der Waals surface area (Å²) in [5.41, 5.74) is 1.08. The molecule has 0 saturated heterocycles. The maximum atomic E-state index is 12.1. The number of nitrogens with zero attached hydrogens (tertiary/aromatic N) is 1. The van der Waals surface area contributed by atoms with E-state index in [-0.39, 0.29) is 17.6 Å². The lowest BCUT2D eigenvalue weighted by molar-refractivity contribution is -0.137. The number of aromatic nitrogens is 2. The van der Waals surface area contributed by atoms with E-state index in [9.17, 15) is 9.59 Å². The van der Waals surface area contributed by atoms with E-state index >= 15 is 0 Å². The van der Waals surface area contributed by atoms with Crippen molar-refractivity contribution in [3.05, 3.63) is 40.4 Å². The van der Waals surface area contributed by atoms with Crippen LogP contribution in [0, 0.1) is 0 Å². The third-order valence-electron chi connectivity index (χ3n) is 3.44. The molecule has 3 rings (SSSR count). The molecule has 2 N–H and O–H groups in total. The maximum absolute atomic E-state index is 12.1. The van der Waals surface area contributed by atoms with Crippen molar-refractivity contribution in [3.8, 4) is 0 Å². The Kier molecular flexibility index (Phi) is 6.71. The van der Waals surface area contributed by atoms with Gasteiger partial charge in [-0.3, -0.25) is 9.59 Å². The number of H-pyrrole nitrogens is 1. The van der Waals surface area contributed by atoms with Crippen LogP contribution >= 0.6 is 0 Å². The van der Waals surface area contributed by atoms with Crippen LogP contribution in [0.1, 0.15) is 32.5 Å². The van der Waals surface area contributed by atoms with Crippen molar-refractivity contribution < 1.29 is 19.1 Å². The lowest BCUT2D eigenvalue weighted by atomic mass is 10.2. The summed E-state index contributed by atoms with van der Waals surface area (Å²) in [7, 11) is 0. The van der Waals surface area contributed by atoms with Gasteiger partial charge in [-0.15, -0.1) is 0 Å². The summed E-state index contributed by atoms with van der Waals surface area (Å²) < 4.78 is 10.9. The van der Waals surface area contributed by atoms with E-state index in [1.54, 1.807) is 6.07 Å². The Morgan fingerprint density at radius 2 is 2.04 bits per heavy atom. The first-order valence-electron chi connectivity index (χ1n) is 8.35. The molecule has 3 aromatic rings. The quantitative estimate of drug-likeness (QED) is 0.637. The number of nitrogens with one attached hydrogen (secondary N) is 1. The summed E-state index contributed by atoms with van der Waals surface area (Å²) in [5.74, 6) is -0.316. The van der Waals surface area contributed by atoms with Crippen LogP contribution in [0.15, 0.2) is 33.5 Å². The third kappa shape index (κ3) is 4.67. The molecule has 7 nitrogen and oxygen atoms in total. The van der Waals surface area contributed by atoms with Gasteiger partial charge >= 0.3 is 5.97 Å². The van der Waals surface area contributed by atoms with Gasteiger partial charge in [0.2, 0.25) is 5.58 Å². The standard InChI is InChI=1S/C16H16N2O5.C2H6/c19-13(20)6-3-8-22-9-7-12-17-14-10-4-1-2-5-11(10)23-15(14)16(21)18-12;1-2/h1-2,4-5H,3,6-9H2,(H,19,20)(H,17,18,21);1-2H3. The Hall–Kier alpha value is -2.67. The number of furan rings is 1. The van der Waals surface area contributed by atoms with Gasteiger partial charge in [0, 0.05) is 24.8 Å². The molecule has 1 aromatic carbocycles. The number of fused-ring (bicyclic) bond motifs is 3. The van der Waals surface area contributed by atoms with Crippen LogP contribution in [0.5, 0.6) is 0 Å². The van der Waals surface area contributed by atoms with E-state index in [1.807, 2.05) is 32.0 Å². The summed E-state index contributed by atoms with van der Waals surface area (Å²) in [4.78, 5) is 29.6. The number of rotatable bonds is 7. The van der Waals surface area contributed by atoms with Gasteiger partial charge in [-0.05, 0) is 18.6 Å². The Balaban J connectivity index is 0.00000109. The van der Waals surface area contributed by atoms with Crippen molar-refractivity contribution in [2.75, 3.05) is 13.2 Å². The molecule has 25 heavy (non-hydrogen) atoms. The molecule has 0 aliphatic heterocycles. The van der Waals surface area contributed by atoms with Crippen LogP contribution in [-0.2, 0) is 16.0 Å². The number of hydrogen-bond donors (Lipinski definition) is 2. The zero-order valence-electron chi connectivity index (χ0n) is 14.4. The number of benzene rings is 1. The summed E-state index contributed by atoms with van der Waals surface area (Å²) in [6.45, 7) is 4.73. The largest absolute Gasteiger partial charge is 0.481 e. The lowest BCUT2D eigenvalue weighted by Crippen LogP contribution is -2.13. The Morgan fingerprint density at radius 3 is 2.80 bits per heavy atom. The van der Waals surface area contributed by atoms with E-state index in [0.29, 0.717) is 43.0 Å². The van der Waals surface area contributed by atoms with Crippen molar-refractivity contribution in [1.82, 2.24) is 9.97 Å². The molecule has 0 amide bonds. The number of para-hydroxylation sites is 1. The SMILES string of the molecule is CC.O=C(O)CCCOCCc1nc2c(oc3ccccc32)c(=O)[nH]1. The van der Waals surface area contributed by atoms with Gasteiger partial charge in [0.1, 0.15) is 16.9 Å². The van der Waals surface area contributed by atoms with Crippen LogP contribution in [0.25, 0.3) is 22.1 Å². The Morgan fingerprint density at radius 1 is 1.28 bits per heavy atom. The minimum absolute atomic E-state index is 0.0854. The minimum Gasteiger partial charge on any atom is -0.481 e. The maximum Gasteiger partial charge on any atom is 0.303 e. The summed E-state index contributed by atoms with van der Waals surface area (Å²) in [6, 6.07) is 7.36. The highest BCUT2D eigenvalue weighted by atomic mass is 16.5. The Labute approximate surface area is 144 Å². The average molecular weight is 346 g/mol. The van der Waals surface area contributed by atoms with Crippen LogP contribution in [0.2, 0.25) is 0 Å². The Bertz CT molecular complexity index is 897. The number of carboxylic acid groups (broad SMARTS) is 1. The molecule has 0 saturated carbocycles. The molecule has 0 spiro atoms. The number of carbonyl (C=O) groups is 1. The predicted molar refractivity (Wildman–Crippen MR) is 94.9 cm³/mol. The second-order valence-electron chi connectivity index (χ2n) is 5.15. The summed E-state index contributed by atoms with van der Waals surface area (Å²) in [6.07, 6.45) is 0.991. The number of aliphatic carboxylic acids is 1. The van der Waals surface area contributed by atoms with Crippen molar-refractivity contribution in [2.24, 2.45) is 0 Å². The van der Waals surface area contributed by atoms with Crippen molar-refractivity contribution in [1.29, 1.82) is 0 Å². The second-order valence-corrected chi connectivity index (χ2v) is 5.15. The molecular formula is C18H22N2O5. The molecule has 134 valence electrons. The third-order valence-corrected chi connectivity index (χ3v) is 3.44. The lowest BCUT2D eigenvalue weighted by Gasteiger charge is -2.03. The number of ether oxygens (including phenoxy) is 1. The van der Waals surface area contributed by atoms with Gasteiger partial charge in [0.25, 0.3) is 5.56 Å². The zero-order chi connectivity index (χ0) is 18.2. The zero-order valence-corrected chi connectivity index (χ0v) is 14.4. The van der Waals surface area contributed by atoms with Crippen LogP contribution in [0.4, 0.5) is 0 Å². The van der Waals surface area contributed by atoms with E-state index in [0.717, 1.165) is 5.39 Å². The van der Waals surface area contributed by atoms with E-state index in [2.05, 4.69) is 9.97 Å². The molecule has 0 aliphatic rings. The van der Waals surface area contributed by atoms with Gasteiger partial charge in [0.15, 0.2) is 0 Å². The molecule has 0 unspecified atom stereocenters. The minimum atomic E-state index is -0.836. The first-order valence-corrected chi connectivity index (χ1v) is 8.35.